The summed E-state index contributed by atoms with van der Waals surface area (Å²) >= 11 is 0. The molecule has 18 heteroatoms. The van der Waals surface area contributed by atoms with Crippen molar-refractivity contribution in [3.63, 3.8) is 0 Å². The molecule has 6 aromatic rings. The molecule has 18 nitrogen and oxygen atoms in total. The molecule has 0 saturated carbocycles. The van der Waals surface area contributed by atoms with Crippen molar-refractivity contribution in [1.29, 1.82) is 10.8 Å². The van der Waals surface area contributed by atoms with Crippen LogP contribution in [0.4, 0.5) is 0 Å². The number of nitrogens with zero attached hydrogens (tertiary/aromatic N) is 2. The summed E-state index contributed by atoms with van der Waals surface area (Å²) in [7, 11) is 0. The average Bonchev–Trinajstić information content (AvgIpc) is 2.28. The van der Waals surface area contributed by atoms with Crippen molar-refractivity contribution in [1.82, 2.24) is 0 Å². The van der Waals surface area contributed by atoms with E-state index in [1.54, 1.807) is 0 Å². The Balaban J connectivity index is 0.000000408. The standard InChI is InChI=1S/C39H48O8.C21H24O5.C12H14O3.N2/c1-4-38(40)44-26-12-8-6-10-24-42-35-19-14-32(15-20-35)29-34-18-23-37(28-31(34)3)47-46-30-33-16-21-36(22-17-33)43-25-11-7-9-13-27-45-39(41)5-2;1-4-21(22)24-13-5-12-23-19-10-7-18(8-11-19)15-25-26-20-9-6-16(2)17(3)14-20;1-2-12(13)15-10-6-9-14-11-7-4-3-5-8-11;1-2/h4-5,14-23,28H,1-2,6-13,24-27,29-30H2,3H3;4,6-11,14H,1,5,12-13,15H2,2-3H3;2-5,7-8H,1,6,9-10H2;. The summed E-state index contributed by atoms with van der Waals surface area (Å²) < 4.78 is 42.3. The van der Waals surface area contributed by atoms with Gasteiger partial charge >= 0.3 is 23.9 Å². The van der Waals surface area contributed by atoms with Crippen molar-refractivity contribution in [2.24, 2.45) is 0 Å². The van der Waals surface area contributed by atoms with E-state index in [9.17, 15) is 19.2 Å². The fourth-order valence-corrected chi connectivity index (χ4v) is 7.74. The van der Waals surface area contributed by atoms with Crippen LogP contribution in [-0.2, 0) is 67.5 Å². The third-order valence-corrected chi connectivity index (χ3v) is 12.8. The minimum absolute atomic E-state index is 0.312. The molecule has 0 unspecified atom stereocenters. The molecule has 0 aromatic heterocycles. The highest BCUT2D eigenvalue weighted by Crippen LogP contribution is 2.24. The van der Waals surface area contributed by atoms with E-state index in [2.05, 4.69) is 58.4 Å². The number of hydrogen-bond donors (Lipinski definition) is 0. The van der Waals surface area contributed by atoms with Gasteiger partial charge in [0.05, 0.1) is 52.9 Å². The zero-order chi connectivity index (χ0) is 65.2. The van der Waals surface area contributed by atoms with Crippen LogP contribution in [0.1, 0.15) is 103 Å². The minimum atomic E-state index is -0.419. The third-order valence-electron chi connectivity index (χ3n) is 12.8. The van der Waals surface area contributed by atoms with Crippen LogP contribution >= 0.6 is 0 Å². The van der Waals surface area contributed by atoms with Crippen molar-refractivity contribution >= 4 is 23.9 Å². The van der Waals surface area contributed by atoms with Crippen LogP contribution in [0.15, 0.2) is 190 Å². The third kappa shape index (κ3) is 34.6. The number of esters is 4. The molecule has 6 rings (SSSR count). The fraction of sp³-hybridized carbons (Fsp3) is 0.333. The predicted molar refractivity (Wildman–Crippen MR) is 343 cm³/mol. The van der Waals surface area contributed by atoms with E-state index < -0.39 is 11.9 Å². The molecule has 90 heavy (non-hydrogen) atoms. The van der Waals surface area contributed by atoms with E-state index in [0.717, 1.165) is 115 Å². The summed E-state index contributed by atoms with van der Waals surface area (Å²) in [6.07, 6.45) is 14.4. The molecule has 0 spiro atoms. The second kappa shape index (κ2) is 47.4. The Bertz CT molecular complexity index is 3040. The van der Waals surface area contributed by atoms with E-state index in [-0.39, 0.29) is 11.9 Å². The summed E-state index contributed by atoms with van der Waals surface area (Å²) in [5, 5.41) is 12.0. The number of para-hydroxylation sites is 1. The predicted octanol–water partition coefficient (Wildman–Crippen LogP) is 15.0. The lowest BCUT2D eigenvalue weighted by Crippen LogP contribution is -2.06. The Morgan fingerprint density at radius 1 is 0.344 bits per heavy atom. The number of aryl methyl sites for hydroxylation is 3. The Morgan fingerprint density at radius 3 is 1.04 bits per heavy atom. The van der Waals surface area contributed by atoms with E-state index in [1.165, 1.54) is 28.8 Å². The van der Waals surface area contributed by atoms with Crippen molar-refractivity contribution in [2.75, 3.05) is 52.9 Å². The molecule has 0 aliphatic heterocycles. The summed E-state index contributed by atoms with van der Waals surface area (Å²) in [5.41, 5.74) is 7.88. The maximum atomic E-state index is 11.0. The highest BCUT2D eigenvalue weighted by Gasteiger charge is 2.08. The lowest BCUT2D eigenvalue weighted by Gasteiger charge is -2.11. The molecule has 0 radical (unpaired) electrons. The Labute approximate surface area is 530 Å². The Hall–Kier alpha value is -9.70. The van der Waals surface area contributed by atoms with Gasteiger partial charge in [0, 0.05) is 47.9 Å². The first-order chi connectivity index (χ1) is 43.9. The molecule has 0 aliphatic rings. The van der Waals surface area contributed by atoms with Crippen LogP contribution in [0.25, 0.3) is 0 Å². The number of benzene rings is 6. The van der Waals surface area contributed by atoms with Gasteiger partial charge in [-0.2, -0.15) is 9.78 Å². The van der Waals surface area contributed by atoms with Gasteiger partial charge in [0.2, 0.25) is 0 Å². The quantitative estimate of drug-likeness (QED) is 0.00662. The van der Waals surface area contributed by atoms with Crippen LogP contribution in [0.5, 0.6) is 34.5 Å². The molecular formula is C72H86N2O16. The number of unbranched alkanes of at least 4 members (excludes halogenated alkanes) is 6. The zero-order valence-electron chi connectivity index (χ0n) is 52.2. The smallest absolute Gasteiger partial charge is 0.330 e. The molecule has 480 valence electrons. The van der Waals surface area contributed by atoms with Gasteiger partial charge in [-0.15, -0.1) is 0 Å². The van der Waals surface area contributed by atoms with Gasteiger partial charge in [-0.05, 0) is 190 Å². The highest BCUT2D eigenvalue weighted by molar-refractivity contribution is 5.82. The minimum Gasteiger partial charge on any atom is -0.494 e. The summed E-state index contributed by atoms with van der Waals surface area (Å²) in [4.78, 5) is 65.3. The fourth-order valence-electron chi connectivity index (χ4n) is 7.74. The molecule has 0 fully saturated rings. The number of carbonyl (C=O) groups is 4. The molecule has 0 atom stereocenters. The van der Waals surface area contributed by atoms with Gasteiger partial charge in [0.25, 0.3) is 0 Å². The van der Waals surface area contributed by atoms with Crippen LogP contribution in [0.2, 0.25) is 0 Å². The van der Waals surface area contributed by atoms with Gasteiger partial charge in [-0.1, -0.05) is 93.0 Å². The average molecular weight is 1240 g/mol. The number of ether oxygens (including phenoxy) is 8. The largest absolute Gasteiger partial charge is 0.494 e. The number of carbonyl (C=O) groups excluding carboxylic acids is 4. The Morgan fingerprint density at radius 2 is 0.667 bits per heavy atom. The van der Waals surface area contributed by atoms with Crippen LogP contribution in [-0.4, -0.2) is 76.7 Å². The van der Waals surface area contributed by atoms with E-state index in [0.29, 0.717) is 90.4 Å². The molecule has 0 amide bonds. The van der Waals surface area contributed by atoms with Crippen molar-refractivity contribution in [3.8, 4) is 34.5 Å². The van der Waals surface area contributed by atoms with E-state index >= 15 is 0 Å². The van der Waals surface area contributed by atoms with Crippen LogP contribution in [0.3, 0.4) is 0 Å². The van der Waals surface area contributed by atoms with Crippen LogP contribution < -0.4 is 28.7 Å². The first-order valence-corrected chi connectivity index (χ1v) is 29.8. The summed E-state index contributed by atoms with van der Waals surface area (Å²) in [6.45, 7) is 24.1. The first-order valence-electron chi connectivity index (χ1n) is 29.8. The lowest BCUT2D eigenvalue weighted by atomic mass is 10.0. The van der Waals surface area contributed by atoms with Crippen molar-refractivity contribution in [2.45, 2.75) is 105 Å². The second-order valence-corrected chi connectivity index (χ2v) is 19.9. The Kier molecular flexibility index (Phi) is 39.2. The molecule has 0 saturated heterocycles. The van der Waals surface area contributed by atoms with E-state index in [1.807, 2.05) is 128 Å². The van der Waals surface area contributed by atoms with Crippen LogP contribution in [0, 0.1) is 31.6 Å². The zero-order valence-corrected chi connectivity index (χ0v) is 52.2. The first kappa shape index (κ1) is 74.6. The monoisotopic (exact) mass is 1230 g/mol. The maximum absolute atomic E-state index is 11.0. The van der Waals surface area contributed by atoms with Gasteiger partial charge in [-0.25, -0.2) is 19.2 Å². The topological polar surface area (TPSA) is 227 Å². The molecule has 0 aliphatic carbocycles. The maximum Gasteiger partial charge on any atom is 0.330 e. The second-order valence-electron chi connectivity index (χ2n) is 19.9. The van der Waals surface area contributed by atoms with Gasteiger partial charge in [-0.3, -0.25) is 0 Å². The van der Waals surface area contributed by atoms with Gasteiger partial charge < -0.3 is 47.7 Å². The normalized spacial score (nSPS) is 10.1. The highest BCUT2D eigenvalue weighted by atomic mass is 17.2. The molecule has 0 N–H and O–H groups in total. The molecular weight excluding hydrogens is 1150 g/mol. The lowest BCUT2D eigenvalue weighted by molar-refractivity contribution is -0.217. The summed E-state index contributed by atoms with van der Waals surface area (Å²) in [6, 6.07) is 44.9. The number of rotatable bonds is 40. The van der Waals surface area contributed by atoms with Crippen molar-refractivity contribution < 1.29 is 76.6 Å². The SMILES string of the molecule is C=CC(=O)OCCCCCCOc1ccc(COOc2ccc(Cc3ccc(OCCCCCCOC(=O)C=C)cc3)c(C)c2)cc1.C=CC(=O)OCCCOc1ccc(COOc2ccc(C)c(C)c2)cc1.C=CC(=O)OCCCOc1ccccc1.N#N. The molecule has 0 bridgehead atoms. The molecule has 6 aromatic carbocycles. The summed E-state index contributed by atoms with van der Waals surface area (Å²) in [5.74, 6) is 3.05. The number of hydrogen-bond acceptors (Lipinski definition) is 18. The van der Waals surface area contributed by atoms with E-state index in [4.69, 9.17) is 68.2 Å². The molecule has 0 heterocycles. The van der Waals surface area contributed by atoms with Gasteiger partial charge in [0.15, 0.2) is 11.5 Å². The van der Waals surface area contributed by atoms with Gasteiger partial charge in [0.1, 0.15) is 36.2 Å². The van der Waals surface area contributed by atoms with Crippen molar-refractivity contribution in [3.05, 3.63) is 229 Å².